The number of halogens is 5. The number of amides is 1. The average Bonchev–Trinajstić information content (AvgIpc) is 3.33. The van der Waals surface area contributed by atoms with Gasteiger partial charge < -0.3 is 0 Å². The highest BCUT2D eigenvalue weighted by Crippen LogP contribution is 2.45. The van der Waals surface area contributed by atoms with Crippen molar-refractivity contribution in [2.45, 2.75) is 38.3 Å². The molecule has 0 unspecified atom stereocenters. The topological polar surface area (TPSA) is 77.6 Å². The zero-order valence-corrected chi connectivity index (χ0v) is 18.4. The lowest BCUT2D eigenvalue weighted by atomic mass is 10.2. The molecular weight excluding hydrogens is 505 g/mol. The molecule has 2 heterocycles. The molecule has 1 aromatic carbocycles. The number of aromatic nitrogens is 5. The smallest absolute Gasteiger partial charge is 0.283 e. The van der Waals surface area contributed by atoms with E-state index in [1.165, 1.54) is 15.7 Å². The van der Waals surface area contributed by atoms with Crippen molar-refractivity contribution in [1.29, 1.82) is 0 Å². The molecule has 30 heavy (non-hydrogen) atoms. The number of carbonyl (C=O) groups is 1. The highest BCUT2D eigenvalue weighted by Gasteiger charge is 2.34. The monoisotopic (exact) mass is 518 g/mol. The minimum absolute atomic E-state index is 0.105. The van der Waals surface area contributed by atoms with Crippen LogP contribution in [0.4, 0.5) is 14.7 Å². The molecule has 0 aliphatic heterocycles. The molecule has 0 atom stereocenters. The standard InChI is InChI=1S/C18H15BrCl2F2N6O/c19-14-15(17(22)23)26-29(16(14)10-2-3-10)7-13(30)25-18-24-8-28(27-18)6-9-1-4-11(20)12(21)5-9/h1,4-5,8,10,17H,2-3,6-7H2,(H,25,27,30). The Labute approximate surface area is 188 Å². The third kappa shape index (κ3) is 4.65. The van der Waals surface area contributed by atoms with Crippen LogP contribution in [0.1, 0.15) is 42.1 Å². The molecule has 1 saturated carbocycles. The average molecular weight is 520 g/mol. The number of hydrogen-bond donors (Lipinski definition) is 1. The molecule has 4 rings (SSSR count). The first-order valence-electron chi connectivity index (χ1n) is 8.99. The first kappa shape index (κ1) is 21.2. The summed E-state index contributed by atoms with van der Waals surface area (Å²) < 4.78 is 29.5. The fourth-order valence-corrected chi connectivity index (χ4v) is 4.13. The molecule has 2 aromatic heterocycles. The summed E-state index contributed by atoms with van der Waals surface area (Å²) in [5.41, 5.74) is 1.13. The van der Waals surface area contributed by atoms with Crippen LogP contribution < -0.4 is 5.32 Å². The summed E-state index contributed by atoms with van der Waals surface area (Å²) in [6.07, 6.45) is 0.512. The van der Waals surface area contributed by atoms with Gasteiger partial charge in [0.05, 0.1) is 26.8 Å². The minimum Gasteiger partial charge on any atom is -0.292 e. The van der Waals surface area contributed by atoms with Crippen LogP contribution in [-0.4, -0.2) is 30.5 Å². The van der Waals surface area contributed by atoms with Gasteiger partial charge >= 0.3 is 0 Å². The Morgan fingerprint density at radius 3 is 2.70 bits per heavy atom. The maximum absolute atomic E-state index is 13.2. The molecule has 0 saturated heterocycles. The first-order chi connectivity index (χ1) is 14.3. The SMILES string of the molecule is O=C(Cn1nc(C(F)F)c(Br)c1C1CC1)Nc1ncn(Cc2ccc(Cl)c(Cl)c2)n1. The van der Waals surface area contributed by atoms with Gasteiger partial charge in [-0.3, -0.25) is 14.8 Å². The predicted molar refractivity (Wildman–Crippen MR) is 111 cm³/mol. The third-order valence-corrected chi connectivity index (χ3v) is 6.09. The highest BCUT2D eigenvalue weighted by molar-refractivity contribution is 9.10. The highest BCUT2D eigenvalue weighted by atomic mass is 79.9. The van der Waals surface area contributed by atoms with Gasteiger partial charge in [-0.25, -0.2) is 18.4 Å². The quantitative estimate of drug-likeness (QED) is 0.474. The second kappa shape index (κ2) is 8.60. The van der Waals surface area contributed by atoms with E-state index in [1.807, 2.05) is 6.07 Å². The molecule has 0 bridgehead atoms. The van der Waals surface area contributed by atoms with Gasteiger partial charge in [0.15, 0.2) is 0 Å². The molecular formula is C18H15BrCl2F2N6O. The van der Waals surface area contributed by atoms with Crippen molar-refractivity contribution in [2.24, 2.45) is 0 Å². The second-order valence-electron chi connectivity index (χ2n) is 6.88. The van der Waals surface area contributed by atoms with E-state index >= 15 is 0 Å². The van der Waals surface area contributed by atoms with Crippen molar-refractivity contribution in [2.75, 3.05) is 5.32 Å². The van der Waals surface area contributed by atoms with Crippen LogP contribution in [0, 0.1) is 0 Å². The van der Waals surface area contributed by atoms with Gasteiger partial charge in [0.1, 0.15) is 18.6 Å². The van der Waals surface area contributed by atoms with Gasteiger partial charge in [-0.15, -0.1) is 5.10 Å². The maximum Gasteiger partial charge on any atom is 0.283 e. The third-order valence-electron chi connectivity index (χ3n) is 4.54. The van der Waals surface area contributed by atoms with Crippen molar-refractivity contribution in [3.8, 4) is 0 Å². The lowest BCUT2D eigenvalue weighted by molar-refractivity contribution is -0.117. The molecule has 0 spiro atoms. The van der Waals surface area contributed by atoms with E-state index in [4.69, 9.17) is 23.2 Å². The predicted octanol–water partition coefficient (Wildman–Crippen LogP) is 5.05. The van der Waals surface area contributed by atoms with E-state index < -0.39 is 12.3 Å². The summed E-state index contributed by atoms with van der Waals surface area (Å²) in [6.45, 7) is 0.175. The number of nitrogens with one attached hydrogen (secondary N) is 1. The molecule has 1 fully saturated rings. The summed E-state index contributed by atoms with van der Waals surface area (Å²) in [7, 11) is 0. The van der Waals surface area contributed by atoms with Gasteiger partial charge in [0, 0.05) is 5.92 Å². The van der Waals surface area contributed by atoms with Crippen LogP contribution in [0.5, 0.6) is 0 Å². The second-order valence-corrected chi connectivity index (χ2v) is 8.49. The molecule has 158 valence electrons. The van der Waals surface area contributed by atoms with Crippen molar-refractivity contribution >= 4 is 51.0 Å². The molecule has 1 aliphatic rings. The lowest BCUT2D eigenvalue weighted by Crippen LogP contribution is -2.21. The summed E-state index contributed by atoms with van der Waals surface area (Å²) >= 11 is 15.1. The molecule has 3 aromatic rings. The largest absolute Gasteiger partial charge is 0.292 e. The first-order valence-corrected chi connectivity index (χ1v) is 10.5. The van der Waals surface area contributed by atoms with Gasteiger partial charge in [-0.1, -0.05) is 29.3 Å². The fourth-order valence-electron chi connectivity index (χ4n) is 3.03. The van der Waals surface area contributed by atoms with Gasteiger partial charge in [-0.2, -0.15) is 5.10 Å². The van der Waals surface area contributed by atoms with Gasteiger partial charge in [0.25, 0.3) is 6.43 Å². The van der Waals surface area contributed by atoms with Crippen LogP contribution in [0.3, 0.4) is 0 Å². The summed E-state index contributed by atoms with van der Waals surface area (Å²) in [5, 5.41) is 11.6. The van der Waals surface area contributed by atoms with E-state index in [0.29, 0.717) is 22.3 Å². The van der Waals surface area contributed by atoms with E-state index in [0.717, 1.165) is 18.4 Å². The number of rotatable bonds is 7. The van der Waals surface area contributed by atoms with E-state index in [1.54, 1.807) is 12.1 Å². The normalized spacial score (nSPS) is 13.8. The van der Waals surface area contributed by atoms with Gasteiger partial charge in [0.2, 0.25) is 11.9 Å². The molecule has 1 amide bonds. The van der Waals surface area contributed by atoms with Crippen molar-refractivity contribution in [1.82, 2.24) is 24.5 Å². The summed E-state index contributed by atoms with van der Waals surface area (Å²) in [4.78, 5) is 16.5. The Hall–Kier alpha value is -2.04. The van der Waals surface area contributed by atoms with Crippen LogP contribution in [0.2, 0.25) is 10.0 Å². The number of carbonyl (C=O) groups excluding carboxylic acids is 1. The van der Waals surface area contributed by atoms with E-state index in [-0.39, 0.29) is 28.6 Å². The lowest BCUT2D eigenvalue weighted by Gasteiger charge is -2.06. The number of benzene rings is 1. The zero-order chi connectivity index (χ0) is 21.4. The zero-order valence-electron chi connectivity index (χ0n) is 15.3. The van der Waals surface area contributed by atoms with Crippen molar-refractivity contribution in [3.05, 3.63) is 56.0 Å². The van der Waals surface area contributed by atoms with Crippen LogP contribution >= 0.6 is 39.1 Å². The summed E-state index contributed by atoms with van der Waals surface area (Å²) in [5.74, 6) is -0.218. The summed E-state index contributed by atoms with van der Waals surface area (Å²) in [6, 6.07) is 5.22. The molecule has 1 N–H and O–H groups in total. The van der Waals surface area contributed by atoms with E-state index in [9.17, 15) is 13.6 Å². The number of alkyl halides is 2. The number of hydrogen-bond acceptors (Lipinski definition) is 4. The maximum atomic E-state index is 13.2. The number of nitrogens with zero attached hydrogens (tertiary/aromatic N) is 5. The Morgan fingerprint density at radius 2 is 2.03 bits per heavy atom. The molecule has 12 heteroatoms. The fraction of sp³-hybridized carbons (Fsp3) is 0.333. The van der Waals surface area contributed by atoms with Gasteiger partial charge in [-0.05, 0) is 46.5 Å². The Morgan fingerprint density at radius 1 is 1.27 bits per heavy atom. The molecule has 0 radical (unpaired) electrons. The minimum atomic E-state index is -2.72. The Bertz CT molecular complexity index is 1100. The van der Waals surface area contributed by atoms with E-state index in [2.05, 4.69) is 36.4 Å². The van der Waals surface area contributed by atoms with Crippen LogP contribution in [0.15, 0.2) is 29.0 Å². The van der Waals surface area contributed by atoms with Crippen LogP contribution in [-0.2, 0) is 17.9 Å². The molecule has 1 aliphatic carbocycles. The Kier molecular flexibility index (Phi) is 6.08. The van der Waals surface area contributed by atoms with Crippen LogP contribution in [0.25, 0.3) is 0 Å². The van der Waals surface area contributed by atoms with Crippen molar-refractivity contribution < 1.29 is 13.6 Å². The number of anilines is 1. The van der Waals surface area contributed by atoms with Crippen molar-refractivity contribution in [3.63, 3.8) is 0 Å². The Balaban J connectivity index is 1.43. The molecule has 7 nitrogen and oxygen atoms in total.